The first-order valence-electron chi connectivity index (χ1n) is 11.1. The Morgan fingerprint density at radius 3 is 1.53 bits per heavy atom. The Bertz CT molecular complexity index is 1170. The molecule has 2 amide bonds. The van der Waals surface area contributed by atoms with Gasteiger partial charge in [0.05, 0.1) is 11.4 Å². The van der Waals surface area contributed by atoms with Crippen LogP contribution in [0.4, 0.5) is 0 Å². The van der Waals surface area contributed by atoms with Crippen LogP contribution in [-0.2, 0) is 9.59 Å². The smallest absolute Gasteiger partial charge is 0.278 e. The van der Waals surface area contributed by atoms with Crippen LogP contribution in [0.15, 0.2) is 95.5 Å². The lowest BCUT2D eigenvalue weighted by Gasteiger charge is -2.16. The van der Waals surface area contributed by atoms with Crippen molar-refractivity contribution in [2.75, 3.05) is 24.6 Å². The molecule has 36 heavy (non-hydrogen) atoms. The molecule has 2 aliphatic rings. The maximum absolute atomic E-state index is 12.9. The van der Waals surface area contributed by atoms with Crippen molar-refractivity contribution in [3.05, 3.63) is 96.9 Å². The molecule has 0 spiro atoms. The van der Waals surface area contributed by atoms with Gasteiger partial charge in [-0.05, 0) is 36.4 Å². The van der Waals surface area contributed by atoms with Crippen LogP contribution in [0.25, 0.3) is 12.2 Å². The molecule has 4 heterocycles. The molecule has 0 atom stereocenters. The van der Waals surface area contributed by atoms with Crippen LogP contribution in [0, 0.1) is 0 Å². The van der Waals surface area contributed by atoms with E-state index in [4.69, 9.17) is 0 Å². The molecule has 0 aromatic carbocycles. The monoisotopic (exact) mass is 516 g/mol. The fourth-order valence-corrected chi connectivity index (χ4v) is 5.31. The van der Waals surface area contributed by atoms with Gasteiger partial charge in [0.2, 0.25) is 0 Å². The summed E-state index contributed by atoms with van der Waals surface area (Å²) in [6.45, 7) is 8.25. The summed E-state index contributed by atoms with van der Waals surface area (Å²) in [5, 5.41) is 1.23. The Morgan fingerprint density at radius 2 is 1.17 bits per heavy atom. The van der Waals surface area contributed by atoms with Crippen molar-refractivity contribution < 1.29 is 9.59 Å². The molecule has 182 valence electrons. The second-order valence-electron chi connectivity index (χ2n) is 7.46. The number of pyridine rings is 2. The number of thioether (sulfide) groups is 2. The second kappa shape index (κ2) is 12.3. The van der Waals surface area contributed by atoms with Gasteiger partial charge in [-0.2, -0.15) is 0 Å². The minimum atomic E-state index is -0.178. The van der Waals surface area contributed by atoms with Gasteiger partial charge in [0.25, 0.3) is 11.8 Å². The molecule has 0 unspecified atom stereocenters. The van der Waals surface area contributed by atoms with Crippen LogP contribution in [0.2, 0.25) is 0 Å². The van der Waals surface area contributed by atoms with E-state index in [1.165, 1.54) is 23.5 Å². The summed E-state index contributed by atoms with van der Waals surface area (Å²) in [5.41, 5.74) is 2.03. The number of carbonyl (C=O) groups is 2. The van der Waals surface area contributed by atoms with Gasteiger partial charge < -0.3 is 0 Å². The third-order valence-electron chi connectivity index (χ3n) is 4.94. The highest BCUT2D eigenvalue weighted by atomic mass is 32.2. The summed E-state index contributed by atoms with van der Waals surface area (Å²) in [6.07, 6.45) is 10.1. The lowest BCUT2D eigenvalue weighted by atomic mass is 10.3. The van der Waals surface area contributed by atoms with E-state index in [9.17, 15) is 9.59 Å². The van der Waals surface area contributed by atoms with Gasteiger partial charge in [0.15, 0.2) is 10.3 Å². The Hall–Kier alpha value is -3.76. The van der Waals surface area contributed by atoms with Gasteiger partial charge in [-0.15, -0.1) is 13.2 Å². The van der Waals surface area contributed by atoms with E-state index in [1.54, 1.807) is 46.5 Å². The summed E-state index contributed by atoms with van der Waals surface area (Å²) in [5.74, 6) is 0.969. The molecule has 0 radical (unpaired) electrons. The maximum Gasteiger partial charge on any atom is 0.278 e. The predicted octanol–water partition coefficient (Wildman–Crippen LogP) is 4.09. The number of carbonyl (C=O) groups excluding carboxylic acids is 2. The topological polar surface area (TPSA) is 91.1 Å². The normalized spacial score (nSPS) is 17.7. The van der Waals surface area contributed by atoms with E-state index in [-0.39, 0.29) is 11.8 Å². The number of nitrogens with zero attached hydrogens (tertiary/aromatic N) is 6. The van der Waals surface area contributed by atoms with Crippen molar-refractivity contribution in [1.29, 1.82) is 0 Å². The van der Waals surface area contributed by atoms with Gasteiger partial charge in [-0.1, -0.05) is 47.8 Å². The van der Waals surface area contributed by atoms with E-state index in [1.807, 2.05) is 36.4 Å². The SMILES string of the molecule is C=CCN1C(=O)/C(=C\c2ccccn2)N=C1SCCSC1=N/C(=C/c2ccccn2)C(=O)N1CC=C. The number of aromatic nitrogens is 2. The Morgan fingerprint density at radius 1 is 0.722 bits per heavy atom. The van der Waals surface area contributed by atoms with Crippen LogP contribution in [0.3, 0.4) is 0 Å². The minimum absolute atomic E-state index is 0.178. The molecule has 4 rings (SSSR count). The largest absolute Gasteiger partial charge is 0.282 e. The van der Waals surface area contributed by atoms with E-state index < -0.39 is 0 Å². The molecule has 2 aromatic rings. The van der Waals surface area contributed by atoms with E-state index in [2.05, 4.69) is 33.1 Å². The zero-order valence-corrected chi connectivity index (χ0v) is 21.1. The van der Waals surface area contributed by atoms with Gasteiger partial charge >= 0.3 is 0 Å². The molecular weight excluding hydrogens is 492 g/mol. The number of amides is 2. The summed E-state index contributed by atoms with van der Waals surface area (Å²) in [4.78, 5) is 46.5. The lowest BCUT2D eigenvalue weighted by molar-refractivity contribution is -0.123. The van der Waals surface area contributed by atoms with Crippen molar-refractivity contribution in [2.45, 2.75) is 0 Å². The lowest BCUT2D eigenvalue weighted by Crippen LogP contribution is -2.31. The maximum atomic E-state index is 12.9. The fourth-order valence-electron chi connectivity index (χ4n) is 3.33. The summed E-state index contributed by atoms with van der Waals surface area (Å²) in [6, 6.07) is 11.0. The third-order valence-corrected chi connectivity index (χ3v) is 7.15. The Kier molecular flexibility index (Phi) is 8.64. The van der Waals surface area contributed by atoms with E-state index in [0.717, 1.165) is 0 Å². The first-order valence-corrected chi connectivity index (χ1v) is 13.1. The average molecular weight is 517 g/mol. The quantitative estimate of drug-likeness (QED) is 0.283. The van der Waals surface area contributed by atoms with E-state index in [0.29, 0.717) is 57.7 Å². The first kappa shape index (κ1) is 25.3. The average Bonchev–Trinajstić information content (AvgIpc) is 3.34. The summed E-state index contributed by atoms with van der Waals surface area (Å²) >= 11 is 2.95. The van der Waals surface area contributed by atoms with Crippen LogP contribution in [0.1, 0.15) is 11.4 Å². The van der Waals surface area contributed by atoms with Gasteiger partial charge in [0.1, 0.15) is 11.4 Å². The van der Waals surface area contributed by atoms with E-state index >= 15 is 0 Å². The van der Waals surface area contributed by atoms with Crippen molar-refractivity contribution in [2.24, 2.45) is 9.98 Å². The Labute approximate surface area is 218 Å². The number of aliphatic imine (C=N–C) groups is 2. The summed E-state index contributed by atoms with van der Waals surface area (Å²) in [7, 11) is 0. The fraction of sp³-hybridized carbons (Fsp3) is 0.154. The molecule has 0 fully saturated rings. The van der Waals surface area contributed by atoms with Gasteiger partial charge in [-0.3, -0.25) is 29.4 Å². The van der Waals surface area contributed by atoms with Crippen molar-refractivity contribution in [3.63, 3.8) is 0 Å². The molecule has 8 nitrogen and oxygen atoms in total. The number of hydrogen-bond acceptors (Lipinski definition) is 8. The highest BCUT2D eigenvalue weighted by Gasteiger charge is 2.31. The summed E-state index contributed by atoms with van der Waals surface area (Å²) < 4.78 is 0. The van der Waals surface area contributed by atoms with Gasteiger partial charge in [0, 0.05) is 37.0 Å². The molecule has 2 aliphatic heterocycles. The molecule has 0 bridgehead atoms. The molecule has 10 heteroatoms. The van der Waals surface area contributed by atoms with Crippen LogP contribution in [-0.4, -0.2) is 66.5 Å². The van der Waals surface area contributed by atoms with Gasteiger partial charge in [-0.25, -0.2) is 9.98 Å². The van der Waals surface area contributed by atoms with Crippen molar-refractivity contribution >= 4 is 57.8 Å². The third kappa shape index (κ3) is 6.07. The predicted molar refractivity (Wildman–Crippen MR) is 148 cm³/mol. The van der Waals surface area contributed by atoms with Crippen LogP contribution >= 0.6 is 23.5 Å². The minimum Gasteiger partial charge on any atom is -0.282 e. The second-order valence-corrected chi connectivity index (χ2v) is 9.59. The number of amidine groups is 2. The highest BCUT2D eigenvalue weighted by Crippen LogP contribution is 2.27. The van der Waals surface area contributed by atoms with Crippen molar-refractivity contribution in [1.82, 2.24) is 19.8 Å². The molecule has 2 aromatic heterocycles. The van der Waals surface area contributed by atoms with Crippen LogP contribution in [0.5, 0.6) is 0 Å². The highest BCUT2D eigenvalue weighted by molar-refractivity contribution is 8.17. The molecule has 0 saturated heterocycles. The number of rotatable bonds is 9. The Balaban J connectivity index is 1.42. The van der Waals surface area contributed by atoms with Crippen molar-refractivity contribution in [3.8, 4) is 0 Å². The molecule has 0 saturated carbocycles. The first-order chi connectivity index (χ1) is 17.6. The standard InChI is InChI=1S/C26H24N6O2S2/c1-3-13-31-23(33)21(17-19-9-5-7-11-27-19)29-25(31)35-15-16-36-26-30-22(24(34)32(26)14-4-2)18-20-10-6-8-12-28-20/h3-12,17-18H,1-2,13-16H2/b21-17+,22-18+. The zero-order valence-electron chi connectivity index (χ0n) is 19.5. The van der Waals surface area contributed by atoms with Crippen LogP contribution < -0.4 is 0 Å². The molecule has 0 aliphatic carbocycles. The number of hydrogen-bond donors (Lipinski definition) is 0. The zero-order chi connectivity index (χ0) is 25.3. The molecular formula is C26H24N6O2S2. The molecule has 0 N–H and O–H groups in total.